The molecule has 0 amide bonds. The standard InChI is InChI=1S/C21H24F4/c1-3-4-5-6-7-8-9-15-10-12-16(13-11-15)17-20(24)18(22)14(2)19(23)21(17)25/h10-13H,3-9H2,1-2H3. The molecule has 2 rings (SSSR count). The number of halogens is 4. The van der Waals surface area contributed by atoms with E-state index in [0.29, 0.717) is 0 Å². The summed E-state index contributed by atoms with van der Waals surface area (Å²) in [6, 6.07) is 6.55. The summed E-state index contributed by atoms with van der Waals surface area (Å²) in [4.78, 5) is 0. The lowest BCUT2D eigenvalue weighted by atomic mass is 9.98. The molecule has 136 valence electrons. The predicted molar refractivity (Wildman–Crippen MR) is 93.5 cm³/mol. The molecule has 0 bridgehead atoms. The second-order valence-electron chi connectivity index (χ2n) is 6.47. The van der Waals surface area contributed by atoms with Crippen molar-refractivity contribution < 1.29 is 17.6 Å². The third-order valence-electron chi connectivity index (χ3n) is 4.54. The van der Waals surface area contributed by atoms with Gasteiger partial charge in [-0.3, -0.25) is 0 Å². The van der Waals surface area contributed by atoms with Crippen LogP contribution in [0.5, 0.6) is 0 Å². The topological polar surface area (TPSA) is 0 Å². The van der Waals surface area contributed by atoms with Crippen molar-refractivity contribution in [2.75, 3.05) is 0 Å². The first-order valence-electron chi connectivity index (χ1n) is 8.89. The van der Waals surface area contributed by atoms with Crippen LogP contribution in [0.4, 0.5) is 17.6 Å². The largest absolute Gasteiger partial charge is 0.203 e. The Morgan fingerprint density at radius 2 is 1.20 bits per heavy atom. The Bertz CT molecular complexity index is 676. The van der Waals surface area contributed by atoms with Gasteiger partial charge in [-0.05, 0) is 30.9 Å². The molecule has 0 saturated carbocycles. The molecule has 4 heteroatoms. The van der Waals surface area contributed by atoms with Crippen molar-refractivity contribution in [3.8, 4) is 11.1 Å². The third kappa shape index (κ3) is 4.62. The fraction of sp³-hybridized carbons (Fsp3) is 0.429. The molecule has 0 aliphatic heterocycles. The lowest BCUT2D eigenvalue weighted by molar-refractivity contribution is 0.449. The molecule has 0 aliphatic carbocycles. The van der Waals surface area contributed by atoms with Crippen LogP contribution in [0.3, 0.4) is 0 Å². The summed E-state index contributed by atoms with van der Waals surface area (Å²) in [7, 11) is 0. The second kappa shape index (κ2) is 9.02. The van der Waals surface area contributed by atoms with E-state index in [9.17, 15) is 17.6 Å². The van der Waals surface area contributed by atoms with Gasteiger partial charge in [-0.25, -0.2) is 17.6 Å². The highest BCUT2D eigenvalue weighted by molar-refractivity contribution is 5.66. The molecule has 0 N–H and O–H groups in total. The number of hydrogen-bond acceptors (Lipinski definition) is 0. The Morgan fingerprint density at radius 1 is 0.680 bits per heavy atom. The van der Waals surface area contributed by atoms with Crippen LogP contribution in [0.25, 0.3) is 11.1 Å². The van der Waals surface area contributed by atoms with Crippen molar-refractivity contribution in [1.29, 1.82) is 0 Å². The van der Waals surface area contributed by atoms with Crippen molar-refractivity contribution in [2.45, 2.75) is 58.8 Å². The average molecular weight is 352 g/mol. The first kappa shape index (κ1) is 19.5. The first-order chi connectivity index (χ1) is 12.0. The average Bonchev–Trinajstić information content (AvgIpc) is 2.62. The predicted octanol–water partition coefficient (Wildman–Crippen LogP) is 7.12. The first-order valence-corrected chi connectivity index (χ1v) is 8.89. The van der Waals surface area contributed by atoms with E-state index in [1.807, 2.05) is 0 Å². The fourth-order valence-corrected chi connectivity index (χ4v) is 2.94. The quantitative estimate of drug-likeness (QED) is 0.269. The van der Waals surface area contributed by atoms with E-state index < -0.39 is 34.4 Å². The lowest BCUT2D eigenvalue weighted by Crippen LogP contribution is -2.03. The van der Waals surface area contributed by atoms with Crippen LogP contribution in [0, 0.1) is 30.2 Å². The Labute approximate surface area is 146 Å². The zero-order valence-corrected chi connectivity index (χ0v) is 14.8. The van der Waals surface area contributed by atoms with Crippen molar-refractivity contribution in [3.63, 3.8) is 0 Å². The molecule has 0 aliphatic rings. The van der Waals surface area contributed by atoms with Gasteiger partial charge >= 0.3 is 0 Å². The van der Waals surface area contributed by atoms with E-state index >= 15 is 0 Å². The van der Waals surface area contributed by atoms with E-state index in [1.54, 1.807) is 12.1 Å². The van der Waals surface area contributed by atoms with E-state index in [4.69, 9.17) is 0 Å². The normalized spacial score (nSPS) is 11.1. The van der Waals surface area contributed by atoms with Gasteiger partial charge in [0.25, 0.3) is 0 Å². The highest BCUT2D eigenvalue weighted by Crippen LogP contribution is 2.32. The minimum absolute atomic E-state index is 0.138. The molecule has 2 aromatic rings. The van der Waals surface area contributed by atoms with Crippen LogP contribution in [-0.4, -0.2) is 0 Å². The molecule has 0 fully saturated rings. The fourth-order valence-electron chi connectivity index (χ4n) is 2.94. The molecule has 0 radical (unpaired) electrons. The molecule has 0 heterocycles. The maximum absolute atomic E-state index is 14.1. The smallest absolute Gasteiger partial charge is 0.170 e. The molecule has 0 atom stereocenters. The van der Waals surface area contributed by atoms with Crippen molar-refractivity contribution in [2.24, 2.45) is 0 Å². The zero-order valence-electron chi connectivity index (χ0n) is 14.8. The highest BCUT2D eigenvalue weighted by Gasteiger charge is 2.23. The number of benzene rings is 2. The van der Waals surface area contributed by atoms with Crippen molar-refractivity contribution in [1.82, 2.24) is 0 Å². The Kier molecular flexibility index (Phi) is 7.03. The Balaban J connectivity index is 2.08. The van der Waals surface area contributed by atoms with Gasteiger partial charge in [0.15, 0.2) is 23.3 Å². The number of aryl methyl sites for hydroxylation is 1. The van der Waals surface area contributed by atoms with Crippen LogP contribution in [0.2, 0.25) is 0 Å². The van der Waals surface area contributed by atoms with Gasteiger partial charge in [0.05, 0.1) is 5.56 Å². The maximum Gasteiger partial charge on any atom is 0.170 e. The molecule has 0 nitrogen and oxygen atoms in total. The van der Waals surface area contributed by atoms with Gasteiger partial charge in [-0.1, -0.05) is 63.3 Å². The van der Waals surface area contributed by atoms with Crippen LogP contribution in [0.1, 0.15) is 56.6 Å². The van der Waals surface area contributed by atoms with Gasteiger partial charge < -0.3 is 0 Å². The number of unbranched alkanes of at least 4 members (excludes halogenated alkanes) is 5. The van der Waals surface area contributed by atoms with E-state index in [-0.39, 0.29) is 5.56 Å². The summed E-state index contributed by atoms with van der Waals surface area (Å²) in [5.41, 5.74) is -0.0993. The third-order valence-corrected chi connectivity index (χ3v) is 4.54. The van der Waals surface area contributed by atoms with E-state index in [2.05, 4.69) is 6.92 Å². The molecule has 2 aromatic carbocycles. The maximum atomic E-state index is 14.1. The Morgan fingerprint density at radius 3 is 1.76 bits per heavy atom. The van der Waals surface area contributed by atoms with Gasteiger partial charge in [-0.2, -0.15) is 0 Å². The second-order valence-corrected chi connectivity index (χ2v) is 6.47. The molecule has 0 saturated heterocycles. The summed E-state index contributed by atoms with van der Waals surface area (Å²) >= 11 is 0. The summed E-state index contributed by atoms with van der Waals surface area (Å²) in [6.07, 6.45) is 8.03. The lowest BCUT2D eigenvalue weighted by Gasteiger charge is -2.10. The number of hydrogen-bond donors (Lipinski definition) is 0. The van der Waals surface area contributed by atoms with Gasteiger partial charge in [-0.15, -0.1) is 0 Å². The molecular weight excluding hydrogens is 328 g/mol. The summed E-state index contributed by atoms with van der Waals surface area (Å²) in [5.74, 6) is -5.38. The highest BCUT2D eigenvalue weighted by atomic mass is 19.2. The van der Waals surface area contributed by atoms with Gasteiger partial charge in [0.1, 0.15) is 0 Å². The van der Waals surface area contributed by atoms with Crippen molar-refractivity contribution in [3.05, 3.63) is 58.7 Å². The molecule has 0 unspecified atom stereocenters. The Hall–Kier alpha value is -1.84. The van der Waals surface area contributed by atoms with E-state index in [0.717, 1.165) is 31.7 Å². The van der Waals surface area contributed by atoms with Crippen LogP contribution in [-0.2, 0) is 6.42 Å². The van der Waals surface area contributed by atoms with Gasteiger partial charge in [0, 0.05) is 5.56 Å². The summed E-state index contributed by atoms with van der Waals surface area (Å²) in [6.45, 7) is 3.20. The summed E-state index contributed by atoms with van der Waals surface area (Å²) < 4.78 is 55.5. The van der Waals surface area contributed by atoms with E-state index in [1.165, 1.54) is 37.8 Å². The molecular formula is C21H24F4. The van der Waals surface area contributed by atoms with Crippen LogP contribution >= 0.6 is 0 Å². The van der Waals surface area contributed by atoms with Crippen molar-refractivity contribution >= 4 is 0 Å². The zero-order chi connectivity index (χ0) is 18.4. The monoisotopic (exact) mass is 352 g/mol. The SMILES string of the molecule is CCCCCCCCc1ccc(-c2c(F)c(F)c(C)c(F)c2F)cc1. The minimum atomic E-state index is -1.35. The summed E-state index contributed by atoms with van der Waals surface area (Å²) in [5, 5.41) is 0. The minimum Gasteiger partial charge on any atom is -0.203 e. The van der Waals surface area contributed by atoms with Crippen LogP contribution in [0.15, 0.2) is 24.3 Å². The molecule has 0 spiro atoms. The molecule has 0 aromatic heterocycles. The van der Waals surface area contributed by atoms with Gasteiger partial charge in [0.2, 0.25) is 0 Å². The number of rotatable bonds is 8. The van der Waals surface area contributed by atoms with Crippen LogP contribution < -0.4 is 0 Å². The molecule has 25 heavy (non-hydrogen) atoms.